The predicted molar refractivity (Wildman–Crippen MR) is 129 cm³/mol. The highest BCUT2D eigenvalue weighted by atomic mass is 32.2. The molecule has 4 aromatic rings. The maximum atomic E-state index is 13.5. The van der Waals surface area contributed by atoms with E-state index in [9.17, 15) is 4.79 Å². The maximum Gasteiger partial charge on any atom is 0.263 e. The largest absolute Gasteiger partial charge is 0.419 e. The number of thioether (sulfide) groups is 1. The van der Waals surface area contributed by atoms with E-state index < -0.39 is 0 Å². The number of allylic oxidation sites excluding steroid dienone is 1. The summed E-state index contributed by atoms with van der Waals surface area (Å²) in [5.74, 6) is 0.997. The molecule has 0 saturated carbocycles. The summed E-state index contributed by atoms with van der Waals surface area (Å²) in [6.45, 7) is 6.26. The van der Waals surface area contributed by atoms with Gasteiger partial charge < -0.3 is 4.42 Å². The molecule has 3 aromatic heterocycles. The summed E-state index contributed by atoms with van der Waals surface area (Å²) in [6.07, 6.45) is 7.29. The van der Waals surface area contributed by atoms with Gasteiger partial charge in [0.1, 0.15) is 4.83 Å². The molecule has 1 aromatic carbocycles. The van der Waals surface area contributed by atoms with Crippen molar-refractivity contribution in [3.63, 3.8) is 0 Å². The Morgan fingerprint density at radius 3 is 2.84 bits per heavy atom. The fourth-order valence-electron chi connectivity index (χ4n) is 4.08. The second-order valence-corrected chi connectivity index (χ2v) is 10.3. The van der Waals surface area contributed by atoms with E-state index >= 15 is 0 Å². The minimum atomic E-state index is -0.154. The van der Waals surface area contributed by atoms with Gasteiger partial charge in [0, 0.05) is 17.0 Å². The minimum absolute atomic E-state index is 0.0273. The van der Waals surface area contributed by atoms with Crippen LogP contribution < -0.4 is 5.56 Å². The number of aryl methyl sites for hydroxylation is 2. The molecule has 0 spiro atoms. The number of benzene rings is 1. The molecule has 1 aliphatic rings. The third kappa shape index (κ3) is 3.93. The molecule has 6 nitrogen and oxygen atoms in total. The molecule has 0 radical (unpaired) electrons. The Labute approximate surface area is 194 Å². The van der Waals surface area contributed by atoms with Crippen LogP contribution in [0.1, 0.15) is 47.8 Å². The number of hydrogen-bond donors (Lipinski definition) is 0. The number of rotatable bonds is 6. The lowest BCUT2D eigenvalue weighted by Gasteiger charge is -2.13. The van der Waals surface area contributed by atoms with Crippen LogP contribution in [-0.4, -0.2) is 19.7 Å². The quantitative estimate of drug-likeness (QED) is 0.155. The molecule has 5 rings (SSSR count). The SMILES string of the molecule is C=CCn1c(SC(C)c2nnc(-c3ccccc3)o2)nc2sc3c(c2c1=O)CCCCC3. The topological polar surface area (TPSA) is 73.8 Å². The lowest BCUT2D eigenvalue weighted by Crippen LogP contribution is -2.23. The van der Waals surface area contributed by atoms with Crippen LogP contribution in [0, 0.1) is 0 Å². The first-order chi connectivity index (χ1) is 15.7. The smallest absolute Gasteiger partial charge is 0.263 e. The van der Waals surface area contributed by atoms with Crippen molar-refractivity contribution >= 4 is 33.3 Å². The average Bonchev–Trinajstić information content (AvgIpc) is 3.36. The molecule has 0 bridgehead atoms. The van der Waals surface area contributed by atoms with Crippen molar-refractivity contribution in [2.45, 2.75) is 56.0 Å². The Kier molecular flexibility index (Phi) is 5.97. The van der Waals surface area contributed by atoms with Crippen LogP contribution in [0.25, 0.3) is 21.7 Å². The Morgan fingerprint density at radius 2 is 2.03 bits per heavy atom. The molecule has 8 heteroatoms. The summed E-state index contributed by atoms with van der Waals surface area (Å²) < 4.78 is 7.65. The van der Waals surface area contributed by atoms with E-state index in [-0.39, 0.29) is 10.8 Å². The van der Waals surface area contributed by atoms with Gasteiger partial charge in [-0.05, 0) is 50.3 Å². The van der Waals surface area contributed by atoms with Crippen LogP contribution in [0.4, 0.5) is 0 Å². The standard InChI is InChI=1S/C24H24N4O2S2/c1-3-14-28-23(29)19-17-12-8-5-9-13-18(17)32-22(19)25-24(28)31-15(2)20-26-27-21(30-20)16-10-6-4-7-11-16/h3-4,6-7,10-11,15H,1,5,8-9,12-14H2,2H3. The van der Waals surface area contributed by atoms with Crippen LogP contribution in [0.2, 0.25) is 0 Å². The first kappa shape index (κ1) is 21.2. The Bertz CT molecular complexity index is 1320. The highest BCUT2D eigenvalue weighted by molar-refractivity contribution is 7.99. The number of fused-ring (bicyclic) bond motifs is 3. The van der Waals surface area contributed by atoms with Gasteiger partial charge in [-0.25, -0.2) is 4.98 Å². The number of thiophene rings is 1. The van der Waals surface area contributed by atoms with Gasteiger partial charge in [-0.1, -0.05) is 42.5 Å². The van der Waals surface area contributed by atoms with Crippen LogP contribution in [0.5, 0.6) is 0 Å². The van der Waals surface area contributed by atoms with Gasteiger partial charge in [0.15, 0.2) is 5.16 Å². The molecule has 0 fully saturated rings. The Morgan fingerprint density at radius 1 is 1.22 bits per heavy atom. The van der Waals surface area contributed by atoms with Crippen molar-refractivity contribution in [1.29, 1.82) is 0 Å². The molecule has 1 aliphatic carbocycles. The van der Waals surface area contributed by atoms with Crippen molar-refractivity contribution in [2.24, 2.45) is 0 Å². The highest BCUT2D eigenvalue weighted by Crippen LogP contribution is 2.37. The van der Waals surface area contributed by atoms with Crippen molar-refractivity contribution in [3.8, 4) is 11.5 Å². The fraction of sp³-hybridized carbons (Fsp3) is 0.333. The third-order valence-electron chi connectivity index (χ3n) is 5.69. The monoisotopic (exact) mass is 464 g/mol. The summed E-state index contributed by atoms with van der Waals surface area (Å²) in [6, 6.07) is 9.70. The van der Waals surface area contributed by atoms with E-state index in [0.29, 0.717) is 23.5 Å². The molecule has 0 N–H and O–H groups in total. The van der Waals surface area contributed by atoms with Crippen molar-refractivity contribution in [1.82, 2.24) is 19.7 Å². The van der Waals surface area contributed by atoms with Crippen LogP contribution in [0.15, 0.2) is 57.4 Å². The third-order valence-corrected chi connectivity index (χ3v) is 7.96. The molecule has 164 valence electrons. The predicted octanol–water partition coefficient (Wildman–Crippen LogP) is 5.82. The van der Waals surface area contributed by atoms with Crippen LogP contribution in [-0.2, 0) is 19.4 Å². The summed E-state index contributed by atoms with van der Waals surface area (Å²) in [7, 11) is 0. The van der Waals surface area contributed by atoms with Crippen molar-refractivity contribution in [3.05, 3.63) is 69.7 Å². The number of nitrogens with zero attached hydrogens (tertiary/aromatic N) is 4. The molecule has 3 heterocycles. The molecule has 0 saturated heterocycles. The average molecular weight is 465 g/mol. The highest BCUT2D eigenvalue weighted by Gasteiger charge is 2.24. The van der Waals surface area contributed by atoms with Crippen LogP contribution in [0.3, 0.4) is 0 Å². The molecule has 0 aliphatic heterocycles. The molecule has 32 heavy (non-hydrogen) atoms. The molecule has 1 atom stereocenters. The van der Waals surface area contributed by atoms with Gasteiger partial charge in [-0.2, -0.15) is 0 Å². The van der Waals surface area contributed by atoms with Gasteiger partial charge >= 0.3 is 0 Å². The van der Waals surface area contributed by atoms with E-state index in [0.717, 1.165) is 35.0 Å². The molecular weight excluding hydrogens is 440 g/mol. The zero-order valence-electron chi connectivity index (χ0n) is 17.9. The van der Waals surface area contributed by atoms with E-state index in [1.54, 1.807) is 22.0 Å². The maximum absolute atomic E-state index is 13.5. The van der Waals surface area contributed by atoms with Gasteiger partial charge in [-0.3, -0.25) is 9.36 Å². The summed E-state index contributed by atoms with van der Waals surface area (Å²) >= 11 is 3.14. The summed E-state index contributed by atoms with van der Waals surface area (Å²) in [4.78, 5) is 20.6. The Balaban J connectivity index is 1.51. The van der Waals surface area contributed by atoms with E-state index in [2.05, 4.69) is 16.8 Å². The second-order valence-electron chi connectivity index (χ2n) is 7.91. The normalized spacial score (nSPS) is 14.8. The first-order valence-corrected chi connectivity index (χ1v) is 12.6. The molecule has 1 unspecified atom stereocenters. The Hall–Kier alpha value is -2.71. The van der Waals surface area contributed by atoms with Gasteiger partial charge in [0.25, 0.3) is 5.56 Å². The number of aromatic nitrogens is 4. The minimum Gasteiger partial charge on any atom is -0.419 e. The van der Waals surface area contributed by atoms with Crippen molar-refractivity contribution < 1.29 is 4.42 Å². The van der Waals surface area contributed by atoms with Crippen LogP contribution >= 0.6 is 23.1 Å². The fourth-order valence-corrected chi connectivity index (χ4v) is 6.33. The van der Waals surface area contributed by atoms with E-state index in [4.69, 9.17) is 9.40 Å². The molecule has 0 amide bonds. The molecular formula is C24H24N4O2S2. The van der Waals surface area contributed by atoms with Gasteiger partial charge in [0.2, 0.25) is 11.8 Å². The summed E-state index contributed by atoms with van der Waals surface area (Å²) in [5, 5.41) is 9.74. The number of hydrogen-bond acceptors (Lipinski definition) is 7. The summed E-state index contributed by atoms with van der Waals surface area (Å²) in [5.41, 5.74) is 2.12. The zero-order chi connectivity index (χ0) is 22.1. The lowest BCUT2D eigenvalue weighted by molar-refractivity contribution is 0.508. The van der Waals surface area contributed by atoms with Crippen molar-refractivity contribution in [2.75, 3.05) is 0 Å². The second kappa shape index (κ2) is 9.03. The van der Waals surface area contributed by atoms with E-state index in [1.807, 2.05) is 37.3 Å². The van der Waals surface area contributed by atoms with E-state index in [1.165, 1.54) is 35.0 Å². The first-order valence-electron chi connectivity index (χ1n) is 10.9. The zero-order valence-corrected chi connectivity index (χ0v) is 19.5. The lowest BCUT2D eigenvalue weighted by atomic mass is 10.1. The van der Waals surface area contributed by atoms with Gasteiger partial charge in [0.05, 0.1) is 10.6 Å². The van der Waals surface area contributed by atoms with Gasteiger partial charge in [-0.15, -0.1) is 28.1 Å².